The summed E-state index contributed by atoms with van der Waals surface area (Å²) in [6.45, 7) is 4.73. The Kier molecular flexibility index (Phi) is 5.55. The number of hydrogen-bond donors (Lipinski definition) is 1. The number of anilines is 1. The number of aliphatic imine (C=N–C) groups is 1. The van der Waals surface area contributed by atoms with E-state index in [1.807, 2.05) is 30.3 Å². The maximum atomic E-state index is 11.6. The fourth-order valence-corrected chi connectivity index (χ4v) is 4.27. The second-order valence-electron chi connectivity index (χ2n) is 7.90. The molecule has 5 nitrogen and oxygen atoms in total. The summed E-state index contributed by atoms with van der Waals surface area (Å²) in [7, 11) is 0. The Labute approximate surface area is 186 Å². The number of nitrogens with one attached hydrogen (secondary N) is 1. The smallest absolute Gasteiger partial charge is 0.277 e. The van der Waals surface area contributed by atoms with Gasteiger partial charge in [-0.25, -0.2) is 10.0 Å². The molecule has 0 spiro atoms. The van der Waals surface area contributed by atoms with Gasteiger partial charge in [-0.1, -0.05) is 48.0 Å². The Morgan fingerprint density at radius 2 is 1.68 bits per heavy atom. The van der Waals surface area contributed by atoms with Gasteiger partial charge in [-0.05, 0) is 47.0 Å². The summed E-state index contributed by atoms with van der Waals surface area (Å²) < 4.78 is 0. The standard InChI is InChI=1S/C25H23ClN4O/c26-21-7-5-18(6-8-21)23-4-2-1-3-19(23)17-29-11-13-30(14-12-29)28-22-9-10-24-20(15-22)16-27-25(24)31/h1-10,15-16,28H,11-14,17H2. The molecule has 6 heteroatoms. The van der Waals surface area contributed by atoms with Gasteiger partial charge in [0, 0.05) is 55.2 Å². The second kappa shape index (κ2) is 8.63. The Morgan fingerprint density at radius 3 is 2.48 bits per heavy atom. The normalized spacial score (nSPS) is 16.5. The number of carbonyl (C=O) groups is 1. The summed E-state index contributed by atoms with van der Waals surface area (Å²) in [5.74, 6) is -0.158. The van der Waals surface area contributed by atoms with Gasteiger partial charge in [0.1, 0.15) is 0 Å². The average molecular weight is 431 g/mol. The second-order valence-corrected chi connectivity index (χ2v) is 8.34. The Balaban J connectivity index is 1.21. The summed E-state index contributed by atoms with van der Waals surface area (Å²) in [5.41, 5.74) is 9.80. The Bertz CT molecular complexity index is 1130. The maximum absolute atomic E-state index is 11.6. The minimum atomic E-state index is -0.158. The van der Waals surface area contributed by atoms with Crippen molar-refractivity contribution >= 4 is 29.4 Å². The van der Waals surface area contributed by atoms with Crippen LogP contribution in [0.25, 0.3) is 11.1 Å². The molecule has 0 aliphatic carbocycles. The minimum absolute atomic E-state index is 0.158. The summed E-state index contributed by atoms with van der Waals surface area (Å²) in [4.78, 5) is 18.0. The van der Waals surface area contributed by atoms with E-state index in [1.54, 1.807) is 6.21 Å². The lowest BCUT2D eigenvalue weighted by molar-refractivity contribution is 0.101. The molecule has 0 saturated carbocycles. The Morgan fingerprint density at radius 1 is 0.903 bits per heavy atom. The van der Waals surface area contributed by atoms with Crippen LogP contribution < -0.4 is 5.43 Å². The highest BCUT2D eigenvalue weighted by Gasteiger charge is 2.20. The van der Waals surface area contributed by atoms with Crippen LogP contribution in [0.4, 0.5) is 5.69 Å². The van der Waals surface area contributed by atoms with Crippen LogP contribution in [0.3, 0.4) is 0 Å². The lowest BCUT2D eigenvalue weighted by Crippen LogP contribution is -2.48. The van der Waals surface area contributed by atoms with E-state index in [0.29, 0.717) is 5.56 Å². The fourth-order valence-electron chi connectivity index (χ4n) is 4.14. The molecule has 0 radical (unpaired) electrons. The van der Waals surface area contributed by atoms with Gasteiger partial charge < -0.3 is 5.43 Å². The summed E-state index contributed by atoms with van der Waals surface area (Å²) in [6, 6.07) is 22.4. The third-order valence-electron chi connectivity index (χ3n) is 5.83. The third-order valence-corrected chi connectivity index (χ3v) is 6.08. The topological polar surface area (TPSA) is 47.9 Å². The maximum Gasteiger partial charge on any atom is 0.277 e. The number of benzene rings is 3. The van der Waals surface area contributed by atoms with E-state index in [9.17, 15) is 4.79 Å². The van der Waals surface area contributed by atoms with Crippen molar-refractivity contribution in [3.05, 3.63) is 88.4 Å². The largest absolute Gasteiger partial charge is 0.319 e. The molecule has 31 heavy (non-hydrogen) atoms. The molecule has 1 amide bonds. The highest BCUT2D eigenvalue weighted by atomic mass is 35.5. The van der Waals surface area contributed by atoms with Crippen LogP contribution in [-0.4, -0.2) is 48.2 Å². The number of piperazine rings is 1. The van der Waals surface area contributed by atoms with Gasteiger partial charge in [-0.15, -0.1) is 0 Å². The number of amides is 1. The molecule has 0 atom stereocenters. The molecule has 1 saturated heterocycles. The zero-order valence-electron chi connectivity index (χ0n) is 17.1. The van der Waals surface area contributed by atoms with Crippen LogP contribution in [0.1, 0.15) is 21.5 Å². The van der Waals surface area contributed by atoms with E-state index in [-0.39, 0.29) is 5.91 Å². The van der Waals surface area contributed by atoms with Crippen LogP contribution >= 0.6 is 11.6 Å². The van der Waals surface area contributed by atoms with Crippen LogP contribution in [0.5, 0.6) is 0 Å². The van der Waals surface area contributed by atoms with Gasteiger partial charge >= 0.3 is 0 Å². The van der Waals surface area contributed by atoms with E-state index < -0.39 is 0 Å². The molecule has 1 N–H and O–H groups in total. The van der Waals surface area contributed by atoms with Crippen molar-refractivity contribution in [3.63, 3.8) is 0 Å². The number of fused-ring (bicyclic) bond motifs is 1. The van der Waals surface area contributed by atoms with Crippen molar-refractivity contribution in [1.82, 2.24) is 9.91 Å². The fraction of sp³-hybridized carbons (Fsp3) is 0.200. The molecular weight excluding hydrogens is 408 g/mol. The van der Waals surface area contributed by atoms with Crippen molar-refractivity contribution in [2.75, 3.05) is 31.6 Å². The van der Waals surface area contributed by atoms with Crippen molar-refractivity contribution in [2.45, 2.75) is 6.54 Å². The van der Waals surface area contributed by atoms with Gasteiger partial charge in [-0.3, -0.25) is 9.69 Å². The molecule has 3 aromatic carbocycles. The van der Waals surface area contributed by atoms with Crippen molar-refractivity contribution in [1.29, 1.82) is 0 Å². The first kappa shape index (κ1) is 19.9. The first-order valence-electron chi connectivity index (χ1n) is 10.5. The third kappa shape index (κ3) is 4.39. The van der Waals surface area contributed by atoms with Gasteiger partial charge in [0.05, 0.1) is 5.56 Å². The van der Waals surface area contributed by atoms with E-state index >= 15 is 0 Å². The van der Waals surface area contributed by atoms with E-state index in [2.05, 4.69) is 56.7 Å². The van der Waals surface area contributed by atoms with Gasteiger partial charge in [0.2, 0.25) is 0 Å². The molecule has 0 unspecified atom stereocenters. The highest BCUT2D eigenvalue weighted by Crippen LogP contribution is 2.27. The quantitative estimate of drug-likeness (QED) is 0.636. The summed E-state index contributed by atoms with van der Waals surface area (Å²) >= 11 is 6.06. The SMILES string of the molecule is O=C1N=Cc2cc(NN3CCN(Cc4ccccc4-c4ccc(Cl)cc4)CC3)ccc21. The number of nitrogens with zero attached hydrogens (tertiary/aromatic N) is 3. The van der Waals surface area contributed by atoms with Crippen LogP contribution in [0.2, 0.25) is 5.02 Å². The number of halogens is 1. The molecule has 2 aliphatic heterocycles. The van der Waals surface area contributed by atoms with Crippen molar-refractivity contribution in [2.24, 2.45) is 4.99 Å². The highest BCUT2D eigenvalue weighted by molar-refractivity contribution is 6.30. The molecule has 2 heterocycles. The molecule has 5 rings (SSSR count). The first-order chi connectivity index (χ1) is 15.2. The first-order valence-corrected chi connectivity index (χ1v) is 10.8. The van der Waals surface area contributed by atoms with Crippen molar-refractivity contribution < 1.29 is 4.79 Å². The monoisotopic (exact) mass is 430 g/mol. The lowest BCUT2D eigenvalue weighted by atomic mass is 9.99. The summed E-state index contributed by atoms with van der Waals surface area (Å²) in [6.07, 6.45) is 1.64. The number of rotatable bonds is 5. The lowest BCUT2D eigenvalue weighted by Gasteiger charge is -2.35. The van der Waals surface area contributed by atoms with E-state index in [1.165, 1.54) is 16.7 Å². The minimum Gasteiger partial charge on any atom is -0.319 e. The molecule has 2 aliphatic rings. The molecule has 3 aromatic rings. The van der Waals surface area contributed by atoms with Crippen LogP contribution in [0.15, 0.2) is 71.7 Å². The Hall–Kier alpha value is -2.99. The molecule has 156 valence electrons. The zero-order valence-corrected chi connectivity index (χ0v) is 17.8. The molecular formula is C25H23ClN4O. The van der Waals surface area contributed by atoms with Gasteiger partial charge in [-0.2, -0.15) is 0 Å². The van der Waals surface area contributed by atoms with E-state index in [0.717, 1.165) is 49.0 Å². The van der Waals surface area contributed by atoms with Crippen molar-refractivity contribution in [3.8, 4) is 11.1 Å². The van der Waals surface area contributed by atoms with Gasteiger partial charge in [0.15, 0.2) is 0 Å². The predicted molar refractivity (Wildman–Crippen MR) is 126 cm³/mol. The van der Waals surface area contributed by atoms with Gasteiger partial charge in [0.25, 0.3) is 5.91 Å². The number of carbonyl (C=O) groups excluding carboxylic acids is 1. The molecule has 1 fully saturated rings. The molecule has 0 aromatic heterocycles. The average Bonchev–Trinajstić information content (AvgIpc) is 3.16. The zero-order chi connectivity index (χ0) is 21.2. The van der Waals surface area contributed by atoms with E-state index in [4.69, 9.17) is 11.6 Å². The summed E-state index contributed by atoms with van der Waals surface area (Å²) in [5, 5.41) is 2.99. The van der Waals surface area contributed by atoms with Crippen LogP contribution in [-0.2, 0) is 6.54 Å². The number of hydrogen-bond acceptors (Lipinski definition) is 4. The molecule has 0 bridgehead atoms. The predicted octanol–water partition coefficient (Wildman–Crippen LogP) is 4.72. The number of hydrazine groups is 1. The van der Waals surface area contributed by atoms with Crippen LogP contribution in [0, 0.1) is 0 Å².